The zero-order valence-electron chi connectivity index (χ0n) is 4.36. The molecule has 36 valence electrons. The molecular weight excluding hydrogens is 74.9 g/mol. The van der Waals surface area contributed by atoms with Crippen molar-refractivity contribution in [3.05, 3.63) is 0 Å². The Morgan fingerprint density at radius 2 is 2.50 bits per heavy atom. The van der Waals surface area contributed by atoms with Crippen LogP contribution in [0.5, 0.6) is 0 Å². The molecule has 3 N–H and O–H groups in total. The van der Waals surface area contributed by atoms with Gasteiger partial charge in [-0.2, -0.15) is 0 Å². The lowest BCUT2D eigenvalue weighted by Gasteiger charge is -2.02. The van der Waals surface area contributed by atoms with Crippen LogP contribution in [-0.4, -0.2) is 20.6 Å². The molecule has 0 spiro atoms. The van der Waals surface area contributed by atoms with Crippen molar-refractivity contribution in [1.29, 1.82) is 0 Å². The normalized spacial score (nSPS) is 14.3. The minimum absolute atomic E-state index is 0.463. The second-order valence-corrected chi connectivity index (χ2v) is 1.43. The number of rotatable bonds is 2. The van der Waals surface area contributed by atoms with Gasteiger partial charge in [0.25, 0.3) is 0 Å². The Morgan fingerprint density at radius 1 is 2.00 bits per heavy atom. The van der Waals surface area contributed by atoms with E-state index in [1.54, 1.807) is 0 Å². The first-order valence-corrected chi connectivity index (χ1v) is 2.18. The Hall–Kier alpha value is -0.0151. The third-order valence-electron chi connectivity index (χ3n) is 0.846. The highest BCUT2D eigenvalue weighted by Crippen LogP contribution is 1.66. The molecule has 0 aliphatic heterocycles. The minimum atomic E-state index is 0.463. The Labute approximate surface area is 39.5 Å². The van der Waals surface area contributed by atoms with Gasteiger partial charge in [0.1, 0.15) is 0 Å². The number of nitrogens with two attached hydrogens (primary N) is 1. The van der Waals surface area contributed by atoms with Gasteiger partial charge in [-0.05, 0) is 6.92 Å². The molecule has 6 heavy (non-hydrogen) atoms. The molecule has 1 unspecified atom stereocenters. The molecule has 0 aliphatic carbocycles. The second kappa shape index (κ2) is 3.19. The molecule has 3 heteroatoms. The highest BCUT2D eigenvalue weighted by atomic mass is 14.8. The molecule has 0 saturated heterocycles. The van der Waals surface area contributed by atoms with Crippen molar-refractivity contribution < 1.29 is 0 Å². The van der Waals surface area contributed by atoms with Crippen LogP contribution in [0.15, 0.2) is 0 Å². The van der Waals surface area contributed by atoms with Crippen molar-refractivity contribution in [2.75, 3.05) is 6.54 Å². The average molecular weight is 85.9 g/mol. The number of nitrogens with one attached hydrogen (secondary N) is 1. The first-order chi connectivity index (χ1) is 2.81. The maximum absolute atomic E-state index is 5.22. The van der Waals surface area contributed by atoms with Gasteiger partial charge in [-0.15, -0.1) is 0 Å². The fourth-order valence-electron chi connectivity index (χ4n) is 0.118. The molecular formula is C3H11BN2. The molecule has 0 radical (unpaired) electrons. The Bertz CT molecular complexity index is 28.0. The summed E-state index contributed by atoms with van der Waals surface area (Å²) in [6.07, 6.45) is 0. The van der Waals surface area contributed by atoms with Crippen LogP contribution in [0, 0.1) is 0 Å². The highest BCUT2D eigenvalue weighted by Gasteiger charge is 1.86. The van der Waals surface area contributed by atoms with Gasteiger partial charge in [0.05, 0.1) is 0 Å². The van der Waals surface area contributed by atoms with Crippen molar-refractivity contribution in [2.24, 2.45) is 5.73 Å². The largest absolute Gasteiger partial charge is 0.359 e. The fraction of sp³-hybridized carbons (Fsp3) is 1.00. The summed E-state index contributed by atoms with van der Waals surface area (Å²) < 4.78 is 0. The predicted molar refractivity (Wildman–Crippen MR) is 30.2 cm³/mol. The van der Waals surface area contributed by atoms with Crippen molar-refractivity contribution in [3.8, 4) is 0 Å². The molecule has 0 bridgehead atoms. The van der Waals surface area contributed by atoms with Gasteiger partial charge in [-0.1, -0.05) is 0 Å². The molecule has 0 amide bonds. The molecule has 0 aromatic rings. The lowest BCUT2D eigenvalue weighted by atomic mass is 10.3. The van der Waals surface area contributed by atoms with E-state index in [1.807, 2.05) is 14.9 Å². The summed E-state index contributed by atoms with van der Waals surface area (Å²) in [5.41, 5.74) is 5.22. The van der Waals surface area contributed by atoms with Crippen LogP contribution in [-0.2, 0) is 0 Å². The smallest absolute Gasteiger partial charge is 0.182 e. The van der Waals surface area contributed by atoms with Crippen LogP contribution in [0.4, 0.5) is 0 Å². The summed E-state index contributed by atoms with van der Waals surface area (Å²) >= 11 is 0. The maximum atomic E-state index is 5.22. The number of hydrogen-bond acceptors (Lipinski definition) is 2. The SMILES string of the molecule is BNC(C)CN. The quantitative estimate of drug-likeness (QED) is 0.400. The summed E-state index contributed by atoms with van der Waals surface area (Å²) in [6, 6.07) is 0.463. The van der Waals surface area contributed by atoms with Gasteiger partial charge in [-0.25, -0.2) is 0 Å². The highest BCUT2D eigenvalue weighted by molar-refractivity contribution is 6.04. The summed E-state index contributed by atoms with van der Waals surface area (Å²) in [4.78, 5) is 0. The van der Waals surface area contributed by atoms with E-state index in [4.69, 9.17) is 5.73 Å². The molecule has 0 saturated carbocycles. The van der Waals surface area contributed by atoms with E-state index in [-0.39, 0.29) is 0 Å². The average Bonchev–Trinajstić information content (AvgIpc) is 1.65. The maximum Gasteiger partial charge on any atom is 0.182 e. The fourth-order valence-corrected chi connectivity index (χ4v) is 0.118. The van der Waals surface area contributed by atoms with Crippen LogP contribution in [0.3, 0.4) is 0 Å². The third-order valence-corrected chi connectivity index (χ3v) is 0.846. The monoisotopic (exact) mass is 86.1 g/mol. The molecule has 0 rings (SSSR count). The first-order valence-electron chi connectivity index (χ1n) is 2.18. The zero-order chi connectivity index (χ0) is 4.99. The summed E-state index contributed by atoms with van der Waals surface area (Å²) in [6.45, 7) is 2.76. The Balaban J connectivity index is 2.75. The van der Waals surface area contributed by atoms with Gasteiger partial charge >= 0.3 is 0 Å². The van der Waals surface area contributed by atoms with Gasteiger partial charge < -0.3 is 11.0 Å². The van der Waals surface area contributed by atoms with E-state index in [0.29, 0.717) is 6.04 Å². The van der Waals surface area contributed by atoms with Gasteiger partial charge in [0.2, 0.25) is 0 Å². The van der Waals surface area contributed by atoms with E-state index in [2.05, 4.69) is 5.23 Å². The first kappa shape index (κ1) is 5.98. The lowest BCUT2D eigenvalue weighted by molar-refractivity contribution is 0.695. The van der Waals surface area contributed by atoms with Crippen molar-refractivity contribution >= 4 is 7.98 Å². The van der Waals surface area contributed by atoms with Gasteiger partial charge in [0, 0.05) is 12.6 Å². The van der Waals surface area contributed by atoms with Crippen molar-refractivity contribution in [2.45, 2.75) is 13.0 Å². The molecule has 0 fully saturated rings. The lowest BCUT2D eigenvalue weighted by Crippen LogP contribution is -2.30. The van der Waals surface area contributed by atoms with Crippen LogP contribution < -0.4 is 11.0 Å². The van der Waals surface area contributed by atoms with E-state index < -0.39 is 0 Å². The van der Waals surface area contributed by atoms with Gasteiger partial charge in [0.15, 0.2) is 7.98 Å². The Morgan fingerprint density at radius 3 is 2.50 bits per heavy atom. The molecule has 0 aromatic heterocycles. The van der Waals surface area contributed by atoms with E-state index >= 15 is 0 Å². The topological polar surface area (TPSA) is 38.0 Å². The number of hydrogen-bond donors (Lipinski definition) is 2. The molecule has 0 aliphatic rings. The summed E-state index contributed by atoms with van der Waals surface area (Å²) in [5, 5.41) is 2.99. The van der Waals surface area contributed by atoms with E-state index in [0.717, 1.165) is 6.54 Å². The van der Waals surface area contributed by atoms with Crippen molar-refractivity contribution in [1.82, 2.24) is 5.23 Å². The second-order valence-electron chi connectivity index (χ2n) is 1.43. The van der Waals surface area contributed by atoms with E-state index in [1.165, 1.54) is 0 Å². The third kappa shape index (κ3) is 2.24. The van der Waals surface area contributed by atoms with Gasteiger partial charge in [-0.3, -0.25) is 0 Å². The van der Waals surface area contributed by atoms with E-state index in [9.17, 15) is 0 Å². The molecule has 0 heterocycles. The van der Waals surface area contributed by atoms with Crippen LogP contribution in [0.25, 0.3) is 0 Å². The predicted octanol–water partition coefficient (Wildman–Crippen LogP) is -1.53. The molecule has 2 nitrogen and oxygen atoms in total. The zero-order valence-corrected chi connectivity index (χ0v) is 4.36. The molecule has 0 aromatic carbocycles. The van der Waals surface area contributed by atoms with Crippen molar-refractivity contribution in [3.63, 3.8) is 0 Å². The Kier molecular flexibility index (Phi) is 3.18. The summed E-state index contributed by atoms with van der Waals surface area (Å²) in [7, 11) is 1.90. The summed E-state index contributed by atoms with van der Waals surface area (Å²) in [5.74, 6) is 0. The molecule has 1 atom stereocenters. The van der Waals surface area contributed by atoms with Crippen LogP contribution in [0.2, 0.25) is 0 Å². The standard InChI is InChI=1S/C3H11BN2/c1-3(2-5)6-4/h3,6H,2,4-5H2,1H3. The minimum Gasteiger partial charge on any atom is -0.359 e. The van der Waals surface area contributed by atoms with Crippen LogP contribution >= 0.6 is 0 Å². The van der Waals surface area contributed by atoms with Crippen LogP contribution in [0.1, 0.15) is 6.92 Å².